The monoisotopic (exact) mass is 304 g/mol. The van der Waals surface area contributed by atoms with Gasteiger partial charge in [-0.15, -0.1) is 0 Å². The molecule has 0 amide bonds. The SMILES string of the molecule is CCCCCCCCCCCCCCSCCSC. The van der Waals surface area contributed by atoms with Gasteiger partial charge in [-0.2, -0.15) is 23.5 Å². The Balaban J connectivity index is 2.88. The Hall–Kier alpha value is 0.700. The molecule has 0 atom stereocenters. The zero-order chi connectivity index (χ0) is 14.0. The summed E-state index contributed by atoms with van der Waals surface area (Å²) in [6, 6.07) is 0. The van der Waals surface area contributed by atoms with Crippen LogP contribution in [0.2, 0.25) is 0 Å². The molecule has 0 unspecified atom stereocenters. The lowest BCUT2D eigenvalue weighted by molar-refractivity contribution is 0.548. The predicted octanol–water partition coefficient (Wildman–Crippen LogP) is 6.78. The third-order valence-corrected chi connectivity index (χ3v) is 5.51. The average molecular weight is 305 g/mol. The highest BCUT2D eigenvalue weighted by Gasteiger charge is 1.94. The molecule has 0 aliphatic heterocycles. The molecule has 0 aromatic heterocycles. The summed E-state index contributed by atoms with van der Waals surface area (Å²) in [4.78, 5) is 0. The fraction of sp³-hybridized carbons (Fsp3) is 1.00. The second-order valence-electron chi connectivity index (χ2n) is 5.49. The van der Waals surface area contributed by atoms with Crippen molar-refractivity contribution in [3.63, 3.8) is 0 Å². The van der Waals surface area contributed by atoms with Gasteiger partial charge >= 0.3 is 0 Å². The first kappa shape index (κ1) is 19.7. The van der Waals surface area contributed by atoms with Crippen molar-refractivity contribution in [3.05, 3.63) is 0 Å². The van der Waals surface area contributed by atoms with Gasteiger partial charge in [0.15, 0.2) is 0 Å². The maximum absolute atomic E-state index is 2.29. The second kappa shape index (κ2) is 18.7. The normalized spacial score (nSPS) is 11.1. The van der Waals surface area contributed by atoms with Gasteiger partial charge in [0.1, 0.15) is 0 Å². The molecule has 116 valence electrons. The highest BCUT2D eigenvalue weighted by molar-refractivity contribution is 8.02. The fourth-order valence-electron chi connectivity index (χ4n) is 2.29. The van der Waals surface area contributed by atoms with Crippen LogP contribution in [-0.2, 0) is 0 Å². The molecular weight excluding hydrogens is 268 g/mol. The number of hydrogen-bond acceptors (Lipinski definition) is 2. The van der Waals surface area contributed by atoms with Crippen LogP contribution in [0.1, 0.15) is 84.0 Å². The zero-order valence-corrected chi connectivity index (χ0v) is 15.1. The lowest BCUT2D eigenvalue weighted by atomic mass is 10.1. The van der Waals surface area contributed by atoms with E-state index in [1.54, 1.807) is 0 Å². The van der Waals surface area contributed by atoms with Crippen molar-refractivity contribution in [1.82, 2.24) is 0 Å². The molecule has 0 heterocycles. The first-order valence-electron chi connectivity index (χ1n) is 8.48. The van der Waals surface area contributed by atoms with Gasteiger partial charge in [0.2, 0.25) is 0 Å². The van der Waals surface area contributed by atoms with Crippen LogP contribution >= 0.6 is 23.5 Å². The van der Waals surface area contributed by atoms with Crippen LogP contribution < -0.4 is 0 Å². The molecule has 0 aliphatic rings. The Bertz CT molecular complexity index is 132. The summed E-state index contributed by atoms with van der Waals surface area (Å²) in [6.45, 7) is 2.29. The van der Waals surface area contributed by atoms with Crippen LogP contribution in [0.3, 0.4) is 0 Å². The molecule has 0 N–H and O–H groups in total. The van der Waals surface area contributed by atoms with E-state index >= 15 is 0 Å². The summed E-state index contributed by atoms with van der Waals surface area (Å²) in [5, 5.41) is 0. The Kier molecular flexibility index (Phi) is 19.4. The van der Waals surface area contributed by atoms with E-state index in [0.717, 1.165) is 0 Å². The summed E-state index contributed by atoms with van der Waals surface area (Å²) in [6.07, 6.45) is 19.7. The highest BCUT2D eigenvalue weighted by atomic mass is 32.2. The summed E-state index contributed by atoms with van der Waals surface area (Å²) < 4.78 is 0. The molecule has 0 rings (SSSR count). The van der Waals surface area contributed by atoms with Crippen LogP contribution in [0.4, 0.5) is 0 Å². The van der Waals surface area contributed by atoms with Gasteiger partial charge in [-0.1, -0.05) is 77.6 Å². The first-order valence-corrected chi connectivity index (χ1v) is 11.0. The van der Waals surface area contributed by atoms with Crippen molar-refractivity contribution in [3.8, 4) is 0 Å². The molecule has 0 aromatic rings. The third kappa shape index (κ3) is 18.7. The second-order valence-corrected chi connectivity index (χ2v) is 7.70. The van der Waals surface area contributed by atoms with E-state index in [0.29, 0.717) is 0 Å². The van der Waals surface area contributed by atoms with Crippen molar-refractivity contribution < 1.29 is 0 Å². The van der Waals surface area contributed by atoms with E-state index in [1.165, 1.54) is 94.3 Å². The summed E-state index contributed by atoms with van der Waals surface area (Å²) in [7, 11) is 0. The molecule has 0 fully saturated rings. The largest absolute Gasteiger partial charge is 0.165 e. The van der Waals surface area contributed by atoms with E-state index < -0.39 is 0 Å². The maximum atomic E-state index is 2.29. The number of hydrogen-bond donors (Lipinski definition) is 0. The van der Waals surface area contributed by atoms with Crippen LogP contribution in [0.15, 0.2) is 0 Å². The highest BCUT2D eigenvalue weighted by Crippen LogP contribution is 2.13. The lowest BCUT2D eigenvalue weighted by Gasteiger charge is -2.03. The minimum absolute atomic E-state index is 1.32. The van der Waals surface area contributed by atoms with E-state index in [-0.39, 0.29) is 0 Å². The number of thioether (sulfide) groups is 2. The molecule has 0 saturated heterocycles. The average Bonchev–Trinajstić information content (AvgIpc) is 2.43. The van der Waals surface area contributed by atoms with Crippen molar-refractivity contribution >= 4 is 23.5 Å². The van der Waals surface area contributed by atoms with E-state index in [2.05, 4.69) is 24.9 Å². The van der Waals surface area contributed by atoms with Gasteiger partial charge in [0.25, 0.3) is 0 Å². The molecule has 19 heavy (non-hydrogen) atoms. The van der Waals surface area contributed by atoms with Crippen LogP contribution in [-0.4, -0.2) is 23.5 Å². The van der Waals surface area contributed by atoms with E-state index in [1.807, 2.05) is 11.8 Å². The van der Waals surface area contributed by atoms with Crippen LogP contribution in [0.5, 0.6) is 0 Å². The van der Waals surface area contributed by atoms with Crippen molar-refractivity contribution in [2.45, 2.75) is 84.0 Å². The fourth-order valence-corrected chi connectivity index (χ4v) is 4.04. The molecule has 2 heteroatoms. The van der Waals surface area contributed by atoms with Gasteiger partial charge in [-0.25, -0.2) is 0 Å². The molecule has 0 radical (unpaired) electrons. The Labute approximate surface area is 131 Å². The Morgan fingerprint density at radius 2 is 1.00 bits per heavy atom. The Morgan fingerprint density at radius 3 is 1.47 bits per heavy atom. The topological polar surface area (TPSA) is 0 Å². The molecule has 0 spiro atoms. The molecular formula is C17H36S2. The van der Waals surface area contributed by atoms with Gasteiger partial charge in [0, 0.05) is 11.5 Å². The van der Waals surface area contributed by atoms with Crippen molar-refractivity contribution in [2.75, 3.05) is 23.5 Å². The molecule has 0 aromatic carbocycles. The lowest BCUT2D eigenvalue weighted by Crippen LogP contribution is -1.87. The van der Waals surface area contributed by atoms with Crippen LogP contribution in [0, 0.1) is 0 Å². The van der Waals surface area contributed by atoms with Crippen molar-refractivity contribution in [2.24, 2.45) is 0 Å². The van der Waals surface area contributed by atoms with Crippen molar-refractivity contribution in [1.29, 1.82) is 0 Å². The minimum Gasteiger partial charge on any atom is -0.165 e. The maximum Gasteiger partial charge on any atom is 0.00234 e. The number of rotatable bonds is 16. The summed E-state index contributed by atoms with van der Waals surface area (Å²) >= 11 is 4.10. The third-order valence-electron chi connectivity index (χ3n) is 3.57. The molecule has 0 saturated carbocycles. The van der Waals surface area contributed by atoms with E-state index in [9.17, 15) is 0 Å². The quantitative estimate of drug-likeness (QED) is 0.288. The van der Waals surface area contributed by atoms with Gasteiger partial charge in [0.05, 0.1) is 0 Å². The smallest absolute Gasteiger partial charge is 0.00234 e. The zero-order valence-electron chi connectivity index (χ0n) is 13.4. The van der Waals surface area contributed by atoms with Crippen LogP contribution in [0.25, 0.3) is 0 Å². The minimum atomic E-state index is 1.32. The number of unbranched alkanes of at least 4 members (excludes halogenated alkanes) is 11. The first-order chi connectivity index (χ1) is 9.41. The molecule has 0 aliphatic carbocycles. The Morgan fingerprint density at radius 1 is 0.526 bits per heavy atom. The predicted molar refractivity (Wildman–Crippen MR) is 96.8 cm³/mol. The van der Waals surface area contributed by atoms with Gasteiger partial charge in [-0.3, -0.25) is 0 Å². The van der Waals surface area contributed by atoms with E-state index in [4.69, 9.17) is 0 Å². The van der Waals surface area contributed by atoms with Gasteiger partial charge < -0.3 is 0 Å². The molecule has 0 bridgehead atoms. The van der Waals surface area contributed by atoms with Gasteiger partial charge in [-0.05, 0) is 18.4 Å². The summed E-state index contributed by atoms with van der Waals surface area (Å²) in [5.74, 6) is 4.06. The summed E-state index contributed by atoms with van der Waals surface area (Å²) in [5.41, 5.74) is 0. The standard InChI is InChI=1S/C17H36S2/c1-3-4-5-6-7-8-9-10-11-12-13-14-15-19-17-16-18-2/h3-17H2,1-2H3. The molecule has 0 nitrogen and oxygen atoms in total.